The molecule has 0 aliphatic carbocycles. The second kappa shape index (κ2) is 4.61. The number of hydrogen-bond acceptors (Lipinski definition) is 4. The SMILES string of the molecule is Cc1ccc2oc(N3CCCN(C)CC3)nc2c1. The van der Waals surface area contributed by atoms with Crippen molar-refractivity contribution < 1.29 is 4.42 Å². The molecular formula is C14H19N3O. The monoisotopic (exact) mass is 245 g/mol. The molecule has 1 aliphatic heterocycles. The summed E-state index contributed by atoms with van der Waals surface area (Å²) in [7, 11) is 2.17. The minimum absolute atomic E-state index is 0.769. The first-order valence-corrected chi connectivity index (χ1v) is 6.53. The maximum absolute atomic E-state index is 5.85. The Bertz CT molecular complexity index is 549. The van der Waals surface area contributed by atoms with Gasteiger partial charge in [-0.15, -0.1) is 0 Å². The molecule has 2 heterocycles. The molecule has 1 aromatic carbocycles. The Morgan fingerprint density at radius 2 is 2.06 bits per heavy atom. The average molecular weight is 245 g/mol. The van der Waals surface area contributed by atoms with E-state index >= 15 is 0 Å². The van der Waals surface area contributed by atoms with Crippen molar-refractivity contribution in [2.45, 2.75) is 13.3 Å². The van der Waals surface area contributed by atoms with Crippen molar-refractivity contribution in [1.29, 1.82) is 0 Å². The number of aromatic nitrogens is 1. The Labute approximate surface area is 107 Å². The van der Waals surface area contributed by atoms with Crippen molar-refractivity contribution in [3.05, 3.63) is 23.8 Å². The van der Waals surface area contributed by atoms with Crippen molar-refractivity contribution in [2.24, 2.45) is 0 Å². The van der Waals surface area contributed by atoms with Gasteiger partial charge in [-0.1, -0.05) is 6.07 Å². The molecule has 1 aliphatic rings. The summed E-state index contributed by atoms with van der Waals surface area (Å²) in [5, 5.41) is 0. The van der Waals surface area contributed by atoms with E-state index in [0.29, 0.717) is 0 Å². The highest BCUT2D eigenvalue weighted by molar-refractivity contribution is 5.75. The zero-order chi connectivity index (χ0) is 12.5. The van der Waals surface area contributed by atoms with Gasteiger partial charge in [-0.3, -0.25) is 0 Å². The first-order valence-electron chi connectivity index (χ1n) is 6.53. The van der Waals surface area contributed by atoms with Gasteiger partial charge in [0, 0.05) is 19.6 Å². The molecule has 4 nitrogen and oxygen atoms in total. The Morgan fingerprint density at radius 1 is 1.17 bits per heavy atom. The van der Waals surface area contributed by atoms with Gasteiger partial charge in [-0.05, 0) is 44.6 Å². The zero-order valence-electron chi connectivity index (χ0n) is 11.0. The molecule has 0 amide bonds. The highest BCUT2D eigenvalue weighted by atomic mass is 16.4. The molecule has 0 atom stereocenters. The van der Waals surface area contributed by atoms with Crippen LogP contribution in [0.2, 0.25) is 0 Å². The van der Waals surface area contributed by atoms with E-state index in [4.69, 9.17) is 4.42 Å². The normalized spacial score (nSPS) is 18.2. The molecule has 0 spiro atoms. The fraction of sp³-hybridized carbons (Fsp3) is 0.500. The fourth-order valence-corrected chi connectivity index (χ4v) is 2.40. The van der Waals surface area contributed by atoms with Gasteiger partial charge in [0.15, 0.2) is 5.58 Å². The third kappa shape index (κ3) is 2.20. The van der Waals surface area contributed by atoms with Crippen LogP contribution in [0.4, 0.5) is 6.01 Å². The fourth-order valence-electron chi connectivity index (χ4n) is 2.40. The number of likely N-dealkylation sites (N-methyl/N-ethyl adjacent to an activating group) is 1. The summed E-state index contributed by atoms with van der Waals surface area (Å²) in [6.45, 7) is 6.31. The van der Waals surface area contributed by atoms with Gasteiger partial charge >= 0.3 is 0 Å². The van der Waals surface area contributed by atoms with Crippen LogP contribution >= 0.6 is 0 Å². The summed E-state index contributed by atoms with van der Waals surface area (Å²) in [5.41, 5.74) is 3.06. The molecule has 0 radical (unpaired) electrons. The lowest BCUT2D eigenvalue weighted by Gasteiger charge is -2.17. The first-order chi connectivity index (χ1) is 8.72. The molecule has 0 saturated carbocycles. The van der Waals surface area contributed by atoms with Crippen LogP contribution in [0.3, 0.4) is 0 Å². The second-order valence-electron chi connectivity index (χ2n) is 5.11. The smallest absolute Gasteiger partial charge is 0.298 e. The van der Waals surface area contributed by atoms with Crippen molar-refractivity contribution in [1.82, 2.24) is 9.88 Å². The second-order valence-corrected chi connectivity index (χ2v) is 5.11. The van der Waals surface area contributed by atoms with Crippen LogP contribution in [-0.4, -0.2) is 43.1 Å². The lowest BCUT2D eigenvalue weighted by atomic mass is 10.2. The van der Waals surface area contributed by atoms with Gasteiger partial charge in [0.1, 0.15) is 5.52 Å². The highest BCUT2D eigenvalue weighted by Gasteiger charge is 2.17. The van der Waals surface area contributed by atoms with Crippen LogP contribution in [0.5, 0.6) is 0 Å². The zero-order valence-corrected chi connectivity index (χ0v) is 11.0. The average Bonchev–Trinajstić information content (AvgIpc) is 2.63. The number of hydrogen-bond donors (Lipinski definition) is 0. The maximum atomic E-state index is 5.85. The van der Waals surface area contributed by atoms with E-state index in [0.717, 1.165) is 49.7 Å². The van der Waals surface area contributed by atoms with E-state index in [1.807, 2.05) is 6.07 Å². The number of rotatable bonds is 1. The highest BCUT2D eigenvalue weighted by Crippen LogP contribution is 2.23. The van der Waals surface area contributed by atoms with Crippen LogP contribution in [0.25, 0.3) is 11.1 Å². The molecule has 2 aromatic rings. The minimum atomic E-state index is 0.769. The van der Waals surface area contributed by atoms with Crippen molar-refractivity contribution >= 4 is 17.1 Å². The summed E-state index contributed by atoms with van der Waals surface area (Å²) >= 11 is 0. The molecule has 0 bridgehead atoms. The van der Waals surface area contributed by atoms with Crippen LogP contribution in [0.1, 0.15) is 12.0 Å². The van der Waals surface area contributed by atoms with Crippen LogP contribution in [0.15, 0.2) is 22.6 Å². The molecule has 3 rings (SSSR count). The Balaban J connectivity index is 1.89. The van der Waals surface area contributed by atoms with E-state index < -0.39 is 0 Å². The number of aryl methyl sites for hydroxylation is 1. The Kier molecular flexibility index (Phi) is 2.96. The summed E-state index contributed by atoms with van der Waals surface area (Å²) < 4.78 is 5.85. The first kappa shape index (κ1) is 11.5. The predicted molar refractivity (Wildman–Crippen MR) is 73.1 cm³/mol. The third-order valence-corrected chi connectivity index (χ3v) is 3.52. The molecule has 0 N–H and O–H groups in total. The molecule has 1 aromatic heterocycles. The standard InChI is InChI=1S/C14H19N3O/c1-11-4-5-13-12(10-11)15-14(18-13)17-7-3-6-16(2)8-9-17/h4-5,10H,3,6-9H2,1-2H3. The lowest BCUT2D eigenvalue weighted by molar-refractivity contribution is 0.359. The van der Waals surface area contributed by atoms with E-state index in [1.54, 1.807) is 0 Å². The van der Waals surface area contributed by atoms with E-state index in [2.05, 4.69) is 40.9 Å². The Hall–Kier alpha value is -1.55. The molecule has 4 heteroatoms. The van der Waals surface area contributed by atoms with Gasteiger partial charge in [0.2, 0.25) is 0 Å². The van der Waals surface area contributed by atoms with Crippen LogP contribution in [0, 0.1) is 6.92 Å². The molecule has 96 valence electrons. The molecule has 1 fully saturated rings. The number of fused-ring (bicyclic) bond motifs is 1. The quantitative estimate of drug-likeness (QED) is 0.771. The van der Waals surface area contributed by atoms with Gasteiger partial charge in [-0.2, -0.15) is 4.98 Å². The topological polar surface area (TPSA) is 32.5 Å². The molecular weight excluding hydrogens is 226 g/mol. The van der Waals surface area contributed by atoms with Gasteiger partial charge in [0.25, 0.3) is 6.01 Å². The number of anilines is 1. The van der Waals surface area contributed by atoms with Crippen LogP contribution < -0.4 is 4.90 Å². The van der Waals surface area contributed by atoms with Gasteiger partial charge < -0.3 is 14.2 Å². The van der Waals surface area contributed by atoms with E-state index in [1.165, 1.54) is 5.56 Å². The number of oxazole rings is 1. The van der Waals surface area contributed by atoms with Crippen molar-refractivity contribution in [3.63, 3.8) is 0 Å². The lowest BCUT2D eigenvalue weighted by Crippen LogP contribution is -2.28. The van der Waals surface area contributed by atoms with Crippen molar-refractivity contribution in [2.75, 3.05) is 38.1 Å². The van der Waals surface area contributed by atoms with Gasteiger partial charge in [0.05, 0.1) is 0 Å². The number of nitrogens with zero attached hydrogens (tertiary/aromatic N) is 3. The van der Waals surface area contributed by atoms with Gasteiger partial charge in [-0.25, -0.2) is 0 Å². The predicted octanol–water partition coefficient (Wildman–Crippen LogP) is 2.28. The van der Waals surface area contributed by atoms with E-state index in [9.17, 15) is 0 Å². The summed E-state index contributed by atoms with van der Waals surface area (Å²) in [4.78, 5) is 9.21. The Morgan fingerprint density at radius 3 is 2.94 bits per heavy atom. The largest absolute Gasteiger partial charge is 0.423 e. The van der Waals surface area contributed by atoms with Crippen molar-refractivity contribution in [3.8, 4) is 0 Å². The van der Waals surface area contributed by atoms with Crippen LogP contribution in [-0.2, 0) is 0 Å². The number of benzene rings is 1. The maximum Gasteiger partial charge on any atom is 0.298 e. The molecule has 18 heavy (non-hydrogen) atoms. The minimum Gasteiger partial charge on any atom is -0.423 e. The molecule has 0 unspecified atom stereocenters. The summed E-state index contributed by atoms with van der Waals surface area (Å²) in [5.74, 6) is 0. The summed E-state index contributed by atoms with van der Waals surface area (Å²) in [6.07, 6.45) is 1.16. The molecule has 1 saturated heterocycles. The third-order valence-electron chi connectivity index (χ3n) is 3.52. The summed E-state index contributed by atoms with van der Waals surface area (Å²) in [6, 6.07) is 6.91. The van der Waals surface area contributed by atoms with E-state index in [-0.39, 0.29) is 0 Å².